The number of alkyl halides is 1. The van der Waals surface area contributed by atoms with Crippen LogP contribution in [-0.4, -0.2) is 22.0 Å². The lowest BCUT2D eigenvalue weighted by molar-refractivity contribution is 0.0852. The number of aliphatic hydroxyl groups is 1. The predicted octanol–water partition coefficient (Wildman–Crippen LogP) is 2.44. The first-order valence-corrected chi connectivity index (χ1v) is 5.93. The second-order valence-electron chi connectivity index (χ2n) is 4.58. The Morgan fingerprint density at radius 2 is 2.06 bits per heavy atom. The summed E-state index contributed by atoms with van der Waals surface area (Å²) in [7, 11) is 0. The van der Waals surface area contributed by atoms with Crippen LogP contribution in [0.15, 0.2) is 12.1 Å². The molecule has 3 N–H and O–H groups in total. The molecule has 0 aromatic heterocycles. The van der Waals surface area contributed by atoms with Gasteiger partial charge in [-0.3, -0.25) is 4.39 Å². The van der Waals surface area contributed by atoms with Crippen LogP contribution < -0.4 is 0 Å². The zero-order chi connectivity index (χ0) is 12.4. The van der Waals surface area contributed by atoms with E-state index in [1.54, 1.807) is 6.07 Å². The second kappa shape index (κ2) is 4.92. The number of aromatic hydroxyl groups is 2. The summed E-state index contributed by atoms with van der Waals surface area (Å²) in [4.78, 5) is 0. The third-order valence-corrected chi connectivity index (χ3v) is 3.54. The van der Waals surface area contributed by atoms with Gasteiger partial charge in [-0.25, -0.2) is 0 Å². The van der Waals surface area contributed by atoms with Gasteiger partial charge in [0.2, 0.25) is 0 Å². The highest BCUT2D eigenvalue weighted by Crippen LogP contribution is 2.43. The molecule has 0 heterocycles. The standard InChI is InChI=1S/C13H17FO3/c14-7-1-2-8-3-4-10-9(12(8)16)5-6-11(15)13(10)17/h5-6,8,12,15-17H,1-4,7H2/t8-,12+/m1/s1. The molecule has 17 heavy (non-hydrogen) atoms. The lowest BCUT2D eigenvalue weighted by atomic mass is 9.79. The highest BCUT2D eigenvalue weighted by molar-refractivity contribution is 5.50. The van der Waals surface area contributed by atoms with Crippen molar-refractivity contribution < 1.29 is 19.7 Å². The van der Waals surface area contributed by atoms with Crippen molar-refractivity contribution in [3.05, 3.63) is 23.3 Å². The van der Waals surface area contributed by atoms with Gasteiger partial charge in [0.05, 0.1) is 12.8 Å². The first-order chi connectivity index (χ1) is 8.15. The summed E-state index contributed by atoms with van der Waals surface area (Å²) < 4.78 is 12.1. The van der Waals surface area contributed by atoms with E-state index in [0.717, 1.165) is 0 Å². The van der Waals surface area contributed by atoms with Gasteiger partial charge < -0.3 is 15.3 Å². The van der Waals surface area contributed by atoms with Crippen molar-refractivity contribution in [3.8, 4) is 11.5 Å². The Kier molecular flexibility index (Phi) is 3.52. The molecule has 4 heteroatoms. The molecule has 94 valence electrons. The Balaban J connectivity index is 2.24. The van der Waals surface area contributed by atoms with E-state index < -0.39 is 6.10 Å². The fourth-order valence-corrected chi connectivity index (χ4v) is 2.56. The summed E-state index contributed by atoms with van der Waals surface area (Å²) in [6, 6.07) is 3.02. The maximum atomic E-state index is 12.1. The highest BCUT2D eigenvalue weighted by atomic mass is 19.1. The molecule has 0 amide bonds. The largest absolute Gasteiger partial charge is 0.504 e. The molecule has 3 nitrogen and oxygen atoms in total. The lowest BCUT2D eigenvalue weighted by Crippen LogP contribution is -2.20. The normalized spacial score (nSPS) is 23.4. The smallest absolute Gasteiger partial charge is 0.161 e. The van der Waals surface area contributed by atoms with E-state index in [4.69, 9.17) is 0 Å². The number of benzene rings is 1. The molecular formula is C13H17FO3. The molecule has 0 aliphatic heterocycles. The Morgan fingerprint density at radius 1 is 1.29 bits per heavy atom. The molecule has 0 bridgehead atoms. The third kappa shape index (κ3) is 2.22. The Labute approximate surface area is 99.5 Å². The lowest BCUT2D eigenvalue weighted by Gasteiger charge is -2.30. The van der Waals surface area contributed by atoms with Crippen LogP contribution in [0.4, 0.5) is 4.39 Å². The van der Waals surface area contributed by atoms with E-state index in [-0.39, 0.29) is 24.1 Å². The molecule has 0 saturated heterocycles. The Bertz CT molecular complexity index is 406. The van der Waals surface area contributed by atoms with Crippen LogP contribution in [-0.2, 0) is 6.42 Å². The van der Waals surface area contributed by atoms with Gasteiger partial charge in [0.1, 0.15) is 0 Å². The van der Waals surface area contributed by atoms with Gasteiger partial charge in [0.25, 0.3) is 0 Å². The van der Waals surface area contributed by atoms with E-state index in [2.05, 4.69) is 0 Å². The number of phenolic OH excluding ortho intramolecular Hbond substituents is 2. The fraction of sp³-hybridized carbons (Fsp3) is 0.538. The van der Waals surface area contributed by atoms with E-state index in [1.807, 2.05) is 0 Å². The molecular weight excluding hydrogens is 223 g/mol. The number of hydrogen-bond donors (Lipinski definition) is 3. The summed E-state index contributed by atoms with van der Waals surface area (Å²) in [6.45, 7) is -0.364. The van der Waals surface area contributed by atoms with Crippen LogP contribution >= 0.6 is 0 Å². The minimum absolute atomic E-state index is 0.0437. The van der Waals surface area contributed by atoms with E-state index in [0.29, 0.717) is 36.8 Å². The first-order valence-electron chi connectivity index (χ1n) is 5.93. The Morgan fingerprint density at radius 3 is 2.76 bits per heavy atom. The number of hydrogen-bond acceptors (Lipinski definition) is 3. The number of rotatable bonds is 3. The molecule has 1 aromatic carbocycles. The van der Waals surface area contributed by atoms with E-state index >= 15 is 0 Å². The molecule has 0 radical (unpaired) electrons. The quantitative estimate of drug-likeness (QED) is 0.711. The van der Waals surface area contributed by atoms with Crippen LogP contribution in [0.1, 0.15) is 36.5 Å². The second-order valence-corrected chi connectivity index (χ2v) is 4.58. The molecule has 2 rings (SSSR count). The molecule has 1 aromatic rings. The van der Waals surface area contributed by atoms with Gasteiger partial charge in [-0.2, -0.15) is 0 Å². The monoisotopic (exact) mass is 240 g/mol. The minimum Gasteiger partial charge on any atom is -0.504 e. The predicted molar refractivity (Wildman–Crippen MR) is 61.8 cm³/mol. The molecule has 0 fully saturated rings. The number of phenols is 2. The van der Waals surface area contributed by atoms with Crippen LogP contribution in [0.5, 0.6) is 11.5 Å². The van der Waals surface area contributed by atoms with E-state index in [9.17, 15) is 19.7 Å². The zero-order valence-electron chi connectivity index (χ0n) is 9.56. The van der Waals surface area contributed by atoms with Crippen molar-refractivity contribution in [1.82, 2.24) is 0 Å². The van der Waals surface area contributed by atoms with Gasteiger partial charge in [0, 0.05) is 5.56 Å². The van der Waals surface area contributed by atoms with Gasteiger partial charge in [-0.15, -0.1) is 0 Å². The van der Waals surface area contributed by atoms with Crippen molar-refractivity contribution in [1.29, 1.82) is 0 Å². The fourth-order valence-electron chi connectivity index (χ4n) is 2.56. The van der Waals surface area contributed by atoms with Crippen molar-refractivity contribution in [2.75, 3.05) is 6.67 Å². The van der Waals surface area contributed by atoms with E-state index in [1.165, 1.54) is 6.07 Å². The van der Waals surface area contributed by atoms with Gasteiger partial charge in [-0.1, -0.05) is 6.07 Å². The number of halogens is 1. The molecule has 0 spiro atoms. The number of aliphatic hydroxyl groups excluding tert-OH is 1. The van der Waals surface area contributed by atoms with Crippen molar-refractivity contribution in [3.63, 3.8) is 0 Å². The van der Waals surface area contributed by atoms with Crippen LogP contribution in [0.25, 0.3) is 0 Å². The van der Waals surface area contributed by atoms with Crippen LogP contribution in [0.3, 0.4) is 0 Å². The SMILES string of the molecule is Oc1ccc2c(c1O)CC[C@@H](CCCF)[C@@H]2O. The summed E-state index contributed by atoms with van der Waals surface area (Å²) in [5, 5.41) is 29.2. The average Bonchev–Trinajstić information content (AvgIpc) is 2.33. The topological polar surface area (TPSA) is 60.7 Å². The molecule has 2 atom stereocenters. The summed E-state index contributed by atoms with van der Waals surface area (Å²) >= 11 is 0. The van der Waals surface area contributed by atoms with Crippen molar-refractivity contribution >= 4 is 0 Å². The molecule has 1 aliphatic carbocycles. The first kappa shape index (κ1) is 12.2. The summed E-state index contributed by atoms with van der Waals surface area (Å²) in [5.74, 6) is -0.245. The number of fused-ring (bicyclic) bond motifs is 1. The average molecular weight is 240 g/mol. The van der Waals surface area contributed by atoms with Crippen LogP contribution in [0.2, 0.25) is 0 Å². The molecule has 1 aliphatic rings. The zero-order valence-corrected chi connectivity index (χ0v) is 9.56. The van der Waals surface area contributed by atoms with Crippen LogP contribution in [0, 0.1) is 5.92 Å². The van der Waals surface area contributed by atoms with Crippen molar-refractivity contribution in [2.45, 2.75) is 31.8 Å². The van der Waals surface area contributed by atoms with Gasteiger partial charge in [-0.05, 0) is 43.2 Å². The summed E-state index contributed by atoms with van der Waals surface area (Å²) in [5.41, 5.74) is 1.28. The maximum absolute atomic E-state index is 12.1. The Hall–Kier alpha value is -1.29. The summed E-state index contributed by atoms with van der Waals surface area (Å²) in [6.07, 6.45) is 1.77. The minimum atomic E-state index is -0.670. The third-order valence-electron chi connectivity index (χ3n) is 3.54. The van der Waals surface area contributed by atoms with Crippen molar-refractivity contribution in [2.24, 2.45) is 5.92 Å². The molecule has 0 unspecified atom stereocenters. The highest BCUT2D eigenvalue weighted by Gasteiger charge is 2.29. The van der Waals surface area contributed by atoms with Gasteiger partial charge >= 0.3 is 0 Å². The van der Waals surface area contributed by atoms with Gasteiger partial charge in [0.15, 0.2) is 11.5 Å². The maximum Gasteiger partial charge on any atom is 0.161 e. The molecule has 0 saturated carbocycles.